The minimum Gasteiger partial charge on any atom is -0.487 e. The Kier molecular flexibility index (Phi) is 3.33. The quantitative estimate of drug-likeness (QED) is 0.726. The van der Waals surface area contributed by atoms with E-state index in [-0.39, 0.29) is 11.9 Å². The van der Waals surface area contributed by atoms with Crippen LogP contribution < -0.4 is 4.74 Å². The summed E-state index contributed by atoms with van der Waals surface area (Å²) < 4.78 is 24.1. The van der Waals surface area contributed by atoms with Gasteiger partial charge >= 0.3 is 0 Å². The van der Waals surface area contributed by atoms with Gasteiger partial charge in [-0.3, -0.25) is 0 Å². The van der Waals surface area contributed by atoms with Crippen LogP contribution in [0.4, 0.5) is 4.39 Å². The van der Waals surface area contributed by atoms with Crippen LogP contribution in [0.2, 0.25) is 0 Å². The summed E-state index contributed by atoms with van der Waals surface area (Å²) in [5.74, 6) is 0.314. The Bertz CT molecular complexity index is 779. The summed E-state index contributed by atoms with van der Waals surface area (Å²) in [5.41, 5.74) is 3.40. The van der Waals surface area contributed by atoms with Crippen molar-refractivity contribution in [3.63, 3.8) is 0 Å². The topological polar surface area (TPSA) is 48.2 Å². The largest absolute Gasteiger partial charge is 0.487 e. The van der Waals surface area contributed by atoms with E-state index < -0.39 is 0 Å². The molecule has 2 aromatic heterocycles. The zero-order valence-corrected chi connectivity index (χ0v) is 12.1. The number of benzene rings is 1. The van der Waals surface area contributed by atoms with E-state index >= 15 is 0 Å². The number of pyridine rings is 1. The molecule has 0 N–H and O–H groups in total. The van der Waals surface area contributed by atoms with Gasteiger partial charge in [0.2, 0.25) is 5.58 Å². The van der Waals surface area contributed by atoms with E-state index in [1.165, 1.54) is 12.1 Å². The normalized spacial score (nSPS) is 11.3. The molecule has 0 aliphatic carbocycles. The zero-order chi connectivity index (χ0) is 15.0. The van der Waals surface area contributed by atoms with Gasteiger partial charge in [0.15, 0.2) is 5.75 Å². The van der Waals surface area contributed by atoms with Crippen molar-refractivity contribution in [2.75, 3.05) is 0 Å². The van der Waals surface area contributed by atoms with Crippen molar-refractivity contribution in [1.82, 2.24) is 10.1 Å². The summed E-state index contributed by atoms with van der Waals surface area (Å²) in [6.07, 6.45) is 0.00192. The maximum Gasteiger partial charge on any atom is 0.227 e. The fourth-order valence-corrected chi connectivity index (χ4v) is 2.11. The number of hydrogen-bond donors (Lipinski definition) is 0. The molecule has 2 heterocycles. The molecular weight excluding hydrogens is 271 g/mol. The van der Waals surface area contributed by atoms with Crippen LogP contribution in [0.3, 0.4) is 0 Å². The Morgan fingerprint density at radius 2 is 1.90 bits per heavy atom. The van der Waals surface area contributed by atoms with E-state index in [4.69, 9.17) is 9.26 Å². The molecule has 0 aliphatic heterocycles. The van der Waals surface area contributed by atoms with Crippen molar-refractivity contribution >= 4 is 11.1 Å². The Morgan fingerprint density at radius 3 is 2.57 bits per heavy atom. The number of aromatic nitrogens is 2. The highest BCUT2D eigenvalue weighted by Gasteiger charge is 2.16. The first-order chi connectivity index (χ1) is 10.0. The van der Waals surface area contributed by atoms with E-state index in [2.05, 4.69) is 10.1 Å². The van der Waals surface area contributed by atoms with E-state index in [0.29, 0.717) is 28.2 Å². The molecule has 0 fully saturated rings. The second-order valence-electron chi connectivity index (χ2n) is 5.12. The molecule has 3 rings (SSSR count). The van der Waals surface area contributed by atoms with Gasteiger partial charge in [0.05, 0.1) is 11.8 Å². The smallest absolute Gasteiger partial charge is 0.227 e. The van der Waals surface area contributed by atoms with Crippen molar-refractivity contribution in [1.29, 1.82) is 0 Å². The van der Waals surface area contributed by atoms with Crippen LogP contribution in [0.1, 0.15) is 19.5 Å². The molecule has 1 aromatic carbocycles. The summed E-state index contributed by atoms with van der Waals surface area (Å²) in [5, 5.41) is 3.94. The lowest BCUT2D eigenvalue weighted by atomic mass is 10.1. The Balaban J connectivity index is 2.18. The van der Waals surface area contributed by atoms with Crippen LogP contribution in [-0.2, 0) is 0 Å². The molecule has 0 amide bonds. The molecule has 0 unspecified atom stereocenters. The first kappa shape index (κ1) is 13.5. The lowest BCUT2D eigenvalue weighted by Crippen LogP contribution is -2.06. The fraction of sp³-hybridized carbons (Fsp3) is 0.250. The maximum absolute atomic E-state index is 13.1. The second kappa shape index (κ2) is 5.16. The highest BCUT2D eigenvalue weighted by Crippen LogP contribution is 2.32. The van der Waals surface area contributed by atoms with Gasteiger partial charge in [0.1, 0.15) is 17.0 Å². The number of ether oxygens (including phenoxy) is 1. The summed E-state index contributed by atoms with van der Waals surface area (Å²) in [6.45, 7) is 5.70. The van der Waals surface area contributed by atoms with E-state index in [9.17, 15) is 4.39 Å². The number of halogens is 1. The van der Waals surface area contributed by atoms with Crippen LogP contribution in [0, 0.1) is 12.7 Å². The summed E-state index contributed by atoms with van der Waals surface area (Å²) in [7, 11) is 0. The van der Waals surface area contributed by atoms with E-state index in [0.717, 1.165) is 5.56 Å². The van der Waals surface area contributed by atoms with Crippen LogP contribution in [0.5, 0.6) is 5.75 Å². The molecular formula is C16H15FN2O2. The van der Waals surface area contributed by atoms with Gasteiger partial charge in [-0.1, -0.05) is 5.16 Å². The molecule has 0 atom stereocenters. The maximum atomic E-state index is 13.1. The summed E-state index contributed by atoms with van der Waals surface area (Å²) in [6, 6.07) is 7.98. The van der Waals surface area contributed by atoms with E-state index in [1.807, 2.05) is 20.8 Å². The summed E-state index contributed by atoms with van der Waals surface area (Å²) in [4.78, 5) is 4.54. The van der Waals surface area contributed by atoms with Crippen molar-refractivity contribution < 1.29 is 13.7 Å². The van der Waals surface area contributed by atoms with Crippen molar-refractivity contribution in [3.8, 4) is 17.0 Å². The minimum atomic E-state index is -0.278. The lowest BCUT2D eigenvalue weighted by Gasteiger charge is -2.11. The Hall–Kier alpha value is -2.43. The first-order valence-corrected chi connectivity index (χ1v) is 6.74. The number of nitrogens with zero attached hydrogens (tertiary/aromatic N) is 2. The predicted octanol–water partition coefficient (Wildman–Crippen LogP) is 4.12. The Labute approximate surface area is 121 Å². The predicted molar refractivity (Wildman–Crippen MR) is 77.7 cm³/mol. The van der Waals surface area contributed by atoms with E-state index in [1.54, 1.807) is 18.2 Å². The third-order valence-corrected chi connectivity index (χ3v) is 3.06. The van der Waals surface area contributed by atoms with Gasteiger partial charge in [0.25, 0.3) is 0 Å². The number of hydrogen-bond acceptors (Lipinski definition) is 4. The SMILES string of the molecule is Cc1noc2c(OC(C)C)cc(-c3ccc(F)cc3)nc12. The minimum absolute atomic E-state index is 0.00192. The molecule has 0 radical (unpaired) electrons. The highest BCUT2D eigenvalue weighted by atomic mass is 19.1. The monoisotopic (exact) mass is 286 g/mol. The first-order valence-electron chi connectivity index (χ1n) is 6.74. The summed E-state index contributed by atoms with van der Waals surface area (Å²) >= 11 is 0. The van der Waals surface area contributed by atoms with Crippen LogP contribution >= 0.6 is 0 Å². The van der Waals surface area contributed by atoms with Crippen LogP contribution in [0.25, 0.3) is 22.4 Å². The molecule has 0 saturated heterocycles. The van der Waals surface area contributed by atoms with Gasteiger partial charge < -0.3 is 9.26 Å². The van der Waals surface area contributed by atoms with Gasteiger partial charge in [-0.15, -0.1) is 0 Å². The molecule has 0 spiro atoms. The fourth-order valence-electron chi connectivity index (χ4n) is 2.11. The third-order valence-electron chi connectivity index (χ3n) is 3.06. The van der Waals surface area contributed by atoms with Gasteiger partial charge in [-0.05, 0) is 45.0 Å². The van der Waals surface area contributed by atoms with Gasteiger partial charge in [0, 0.05) is 11.6 Å². The molecule has 3 aromatic rings. The molecule has 5 heteroatoms. The number of rotatable bonds is 3. The molecule has 0 aliphatic rings. The lowest BCUT2D eigenvalue weighted by molar-refractivity contribution is 0.240. The molecule has 0 bridgehead atoms. The van der Waals surface area contributed by atoms with Gasteiger partial charge in [-0.2, -0.15) is 0 Å². The van der Waals surface area contributed by atoms with Crippen LogP contribution in [-0.4, -0.2) is 16.2 Å². The van der Waals surface area contributed by atoms with Gasteiger partial charge in [-0.25, -0.2) is 9.37 Å². The van der Waals surface area contributed by atoms with Crippen molar-refractivity contribution in [2.45, 2.75) is 26.9 Å². The molecule has 0 saturated carbocycles. The number of fused-ring (bicyclic) bond motifs is 1. The number of aryl methyl sites for hydroxylation is 1. The average Bonchev–Trinajstić information content (AvgIpc) is 2.81. The third kappa shape index (κ3) is 2.59. The van der Waals surface area contributed by atoms with Crippen LogP contribution in [0.15, 0.2) is 34.9 Å². The second-order valence-corrected chi connectivity index (χ2v) is 5.12. The molecule has 4 nitrogen and oxygen atoms in total. The van der Waals surface area contributed by atoms with Crippen molar-refractivity contribution in [3.05, 3.63) is 41.8 Å². The van der Waals surface area contributed by atoms with Crippen molar-refractivity contribution in [2.24, 2.45) is 0 Å². The average molecular weight is 286 g/mol. The standard InChI is InChI=1S/C16H15FN2O2/c1-9(2)20-14-8-13(11-4-6-12(17)7-5-11)18-15-10(3)19-21-16(14)15/h4-9H,1-3H3. The zero-order valence-electron chi connectivity index (χ0n) is 12.1. The highest BCUT2D eigenvalue weighted by molar-refractivity contribution is 5.84. The molecule has 21 heavy (non-hydrogen) atoms. The Morgan fingerprint density at radius 1 is 1.19 bits per heavy atom. The molecule has 108 valence electrons.